The summed E-state index contributed by atoms with van der Waals surface area (Å²) >= 11 is 0. The molecule has 23 heavy (non-hydrogen) atoms. The molecule has 0 saturated heterocycles. The van der Waals surface area contributed by atoms with Gasteiger partial charge in [0, 0.05) is 13.6 Å². The van der Waals surface area contributed by atoms with Crippen LogP contribution in [0.1, 0.15) is 45.9 Å². The Morgan fingerprint density at radius 3 is 2.70 bits per heavy atom. The molecule has 0 amide bonds. The van der Waals surface area contributed by atoms with Crippen LogP contribution in [0.5, 0.6) is 0 Å². The number of H-pyrrole nitrogens is 1. The van der Waals surface area contributed by atoms with E-state index in [1.165, 1.54) is 0 Å². The summed E-state index contributed by atoms with van der Waals surface area (Å²) in [5, 5.41) is 3.35. The fourth-order valence-electron chi connectivity index (χ4n) is 2.56. The molecule has 0 aliphatic heterocycles. The van der Waals surface area contributed by atoms with E-state index in [1.54, 1.807) is 9.13 Å². The number of aryl methyl sites for hydroxylation is 2. The summed E-state index contributed by atoms with van der Waals surface area (Å²) in [5.41, 5.74) is 0.186. The molecule has 2 aromatic rings. The summed E-state index contributed by atoms with van der Waals surface area (Å²) in [4.78, 5) is 31.1. The number of nitrogens with zero attached hydrogens (tertiary/aromatic N) is 3. The summed E-state index contributed by atoms with van der Waals surface area (Å²) in [7, 11) is 1.82. The van der Waals surface area contributed by atoms with Gasteiger partial charge in [0.05, 0.1) is 6.54 Å². The van der Waals surface area contributed by atoms with Gasteiger partial charge in [-0.25, -0.2) is 9.78 Å². The minimum Gasteiger partial charge on any atom is -0.324 e. The molecular weight excluding hydrogens is 294 g/mol. The van der Waals surface area contributed by atoms with Crippen LogP contribution in [0.15, 0.2) is 9.59 Å². The van der Waals surface area contributed by atoms with Crippen molar-refractivity contribution in [1.29, 1.82) is 0 Å². The van der Waals surface area contributed by atoms with E-state index < -0.39 is 0 Å². The molecule has 0 aliphatic carbocycles. The lowest BCUT2D eigenvalue weighted by Crippen LogP contribution is -2.31. The third-order valence-electron chi connectivity index (χ3n) is 4.02. The third kappa shape index (κ3) is 3.90. The molecule has 2 aromatic heterocycles. The highest BCUT2D eigenvalue weighted by Gasteiger charge is 2.15. The number of fused-ring (bicyclic) bond motifs is 1. The SMILES string of the molecule is CCCCn1c(=O)[nH]c(=O)c2c1nc(CNCCC(C)C)n2C. The first-order valence-corrected chi connectivity index (χ1v) is 8.34. The minimum atomic E-state index is -0.381. The molecule has 0 aliphatic rings. The number of unbranched alkanes of at least 4 members (excludes halogenated alkanes) is 1. The van der Waals surface area contributed by atoms with Crippen LogP contribution in [-0.4, -0.2) is 25.6 Å². The van der Waals surface area contributed by atoms with Gasteiger partial charge in [-0.15, -0.1) is 0 Å². The monoisotopic (exact) mass is 321 g/mol. The Kier molecular flexibility index (Phi) is 5.76. The molecule has 7 heteroatoms. The maximum Gasteiger partial charge on any atom is 0.330 e. The van der Waals surface area contributed by atoms with E-state index in [4.69, 9.17) is 0 Å². The number of imidazole rings is 1. The molecule has 0 aromatic carbocycles. The molecule has 128 valence electrons. The van der Waals surface area contributed by atoms with Crippen LogP contribution < -0.4 is 16.6 Å². The van der Waals surface area contributed by atoms with Crippen molar-refractivity contribution in [2.45, 2.75) is 53.1 Å². The summed E-state index contributed by atoms with van der Waals surface area (Å²) < 4.78 is 3.34. The first kappa shape index (κ1) is 17.5. The largest absolute Gasteiger partial charge is 0.330 e. The van der Waals surface area contributed by atoms with E-state index in [9.17, 15) is 9.59 Å². The first-order chi connectivity index (χ1) is 11.0. The zero-order chi connectivity index (χ0) is 17.0. The van der Waals surface area contributed by atoms with Gasteiger partial charge in [-0.1, -0.05) is 27.2 Å². The molecular formula is C16H27N5O2. The molecule has 0 spiro atoms. The lowest BCUT2D eigenvalue weighted by atomic mass is 10.1. The van der Waals surface area contributed by atoms with Gasteiger partial charge in [0.25, 0.3) is 5.56 Å². The lowest BCUT2D eigenvalue weighted by Gasteiger charge is -2.06. The number of rotatable bonds is 8. The van der Waals surface area contributed by atoms with Gasteiger partial charge >= 0.3 is 5.69 Å². The van der Waals surface area contributed by atoms with Crippen molar-refractivity contribution >= 4 is 11.2 Å². The summed E-state index contributed by atoms with van der Waals surface area (Å²) in [6.45, 7) is 8.49. The average Bonchev–Trinajstić information content (AvgIpc) is 2.80. The van der Waals surface area contributed by atoms with E-state index in [-0.39, 0.29) is 11.2 Å². The molecule has 0 radical (unpaired) electrons. The smallest absolute Gasteiger partial charge is 0.324 e. The summed E-state index contributed by atoms with van der Waals surface area (Å²) in [5.74, 6) is 1.41. The van der Waals surface area contributed by atoms with E-state index in [0.717, 1.165) is 31.6 Å². The molecule has 0 unspecified atom stereocenters. The normalized spacial score (nSPS) is 11.7. The first-order valence-electron chi connectivity index (χ1n) is 8.34. The van der Waals surface area contributed by atoms with E-state index >= 15 is 0 Å². The summed E-state index contributed by atoms with van der Waals surface area (Å²) in [6.07, 6.45) is 2.94. The molecule has 0 fully saturated rings. The Morgan fingerprint density at radius 1 is 1.30 bits per heavy atom. The van der Waals surface area contributed by atoms with Gasteiger partial charge in [-0.2, -0.15) is 0 Å². The van der Waals surface area contributed by atoms with Gasteiger partial charge in [0.2, 0.25) is 0 Å². The fourth-order valence-corrected chi connectivity index (χ4v) is 2.56. The van der Waals surface area contributed by atoms with Crippen LogP contribution in [0.2, 0.25) is 0 Å². The second kappa shape index (κ2) is 7.59. The van der Waals surface area contributed by atoms with Crippen molar-refractivity contribution in [2.75, 3.05) is 6.54 Å². The number of aromatic nitrogens is 4. The van der Waals surface area contributed by atoms with E-state index in [2.05, 4.69) is 36.1 Å². The molecule has 2 heterocycles. The van der Waals surface area contributed by atoms with Crippen LogP contribution >= 0.6 is 0 Å². The Morgan fingerprint density at radius 2 is 2.04 bits per heavy atom. The van der Waals surface area contributed by atoms with Crippen molar-refractivity contribution < 1.29 is 0 Å². The molecule has 2 rings (SSSR count). The highest BCUT2D eigenvalue weighted by atomic mass is 16.2. The lowest BCUT2D eigenvalue weighted by molar-refractivity contribution is 0.528. The highest BCUT2D eigenvalue weighted by molar-refractivity contribution is 5.70. The standard InChI is InChI=1S/C16H27N5O2/c1-5-6-9-21-14-13(15(22)19-16(21)23)20(4)12(18-14)10-17-8-7-11(2)3/h11,17H,5-10H2,1-4H3,(H,19,22,23). The quantitative estimate of drug-likeness (QED) is 0.719. The zero-order valence-corrected chi connectivity index (χ0v) is 14.5. The van der Waals surface area contributed by atoms with Crippen LogP contribution in [0.3, 0.4) is 0 Å². The topological polar surface area (TPSA) is 84.7 Å². The fraction of sp³-hybridized carbons (Fsp3) is 0.688. The second-order valence-corrected chi connectivity index (χ2v) is 6.38. The number of nitrogens with one attached hydrogen (secondary N) is 2. The molecule has 0 atom stereocenters. The highest BCUT2D eigenvalue weighted by Crippen LogP contribution is 2.10. The zero-order valence-electron chi connectivity index (χ0n) is 14.5. The maximum absolute atomic E-state index is 12.1. The van der Waals surface area contributed by atoms with Crippen LogP contribution in [0, 0.1) is 5.92 Å². The van der Waals surface area contributed by atoms with Crippen LogP contribution in [-0.2, 0) is 20.1 Å². The predicted octanol–water partition coefficient (Wildman–Crippen LogP) is 1.36. The Balaban J connectivity index is 2.34. The van der Waals surface area contributed by atoms with Crippen molar-refractivity contribution in [2.24, 2.45) is 13.0 Å². The van der Waals surface area contributed by atoms with Gasteiger partial charge in [0.15, 0.2) is 11.2 Å². The molecule has 0 bridgehead atoms. The Labute approximate surface area is 135 Å². The van der Waals surface area contributed by atoms with Crippen molar-refractivity contribution in [3.05, 3.63) is 26.7 Å². The van der Waals surface area contributed by atoms with E-state index in [1.807, 2.05) is 7.05 Å². The van der Waals surface area contributed by atoms with Crippen molar-refractivity contribution in [3.8, 4) is 0 Å². The number of aromatic amines is 1. The maximum atomic E-state index is 12.1. The second-order valence-electron chi connectivity index (χ2n) is 6.38. The number of hydrogen-bond acceptors (Lipinski definition) is 4. The Bertz CT molecular complexity index is 769. The van der Waals surface area contributed by atoms with Gasteiger partial charge in [-0.3, -0.25) is 14.3 Å². The van der Waals surface area contributed by atoms with E-state index in [0.29, 0.717) is 30.2 Å². The molecule has 7 nitrogen and oxygen atoms in total. The average molecular weight is 321 g/mol. The van der Waals surface area contributed by atoms with Crippen LogP contribution in [0.4, 0.5) is 0 Å². The number of hydrogen-bond donors (Lipinski definition) is 2. The predicted molar refractivity (Wildman–Crippen MR) is 91.7 cm³/mol. The van der Waals surface area contributed by atoms with Crippen molar-refractivity contribution in [1.82, 2.24) is 24.4 Å². The Hall–Kier alpha value is -1.89. The molecule has 2 N–H and O–H groups in total. The third-order valence-corrected chi connectivity index (χ3v) is 4.02. The molecule has 0 saturated carbocycles. The van der Waals surface area contributed by atoms with Gasteiger partial charge in [0.1, 0.15) is 5.82 Å². The van der Waals surface area contributed by atoms with Gasteiger partial charge in [-0.05, 0) is 25.3 Å². The summed E-state index contributed by atoms with van der Waals surface area (Å²) in [6, 6.07) is 0. The van der Waals surface area contributed by atoms with Crippen LogP contribution in [0.25, 0.3) is 11.2 Å². The minimum absolute atomic E-state index is 0.374. The van der Waals surface area contributed by atoms with Crippen molar-refractivity contribution in [3.63, 3.8) is 0 Å². The van der Waals surface area contributed by atoms with Gasteiger partial charge < -0.3 is 9.88 Å².